The number of Topliss-reactive ketones (excluding diaryl/α,β-unsaturated/α-hetero) is 1. The normalized spacial score (nSPS) is 27.4. The number of ketones is 2. The molecular weight excluding hydrogens is 430 g/mol. The predicted molar refractivity (Wildman–Crippen MR) is 128 cm³/mol. The van der Waals surface area contributed by atoms with Crippen molar-refractivity contribution in [2.75, 3.05) is 6.61 Å². The summed E-state index contributed by atoms with van der Waals surface area (Å²) in [6.45, 7) is 0.0283. The van der Waals surface area contributed by atoms with E-state index in [1.54, 1.807) is 24.3 Å². The zero-order valence-electron chi connectivity index (χ0n) is 18.4. The van der Waals surface area contributed by atoms with E-state index in [4.69, 9.17) is 10.00 Å². The van der Waals surface area contributed by atoms with E-state index in [9.17, 15) is 9.59 Å². The van der Waals surface area contributed by atoms with Gasteiger partial charge in [0.15, 0.2) is 5.78 Å². The summed E-state index contributed by atoms with van der Waals surface area (Å²) in [7, 11) is 0. The predicted octanol–water partition coefficient (Wildman–Crippen LogP) is 6.17. The molecule has 4 aliphatic rings. The van der Waals surface area contributed by atoms with Crippen LogP contribution in [0.25, 0.3) is 10.1 Å². The fourth-order valence-electron chi connectivity index (χ4n) is 6.88. The van der Waals surface area contributed by atoms with Gasteiger partial charge in [-0.15, -0.1) is 11.3 Å². The Morgan fingerprint density at radius 1 is 0.970 bits per heavy atom. The topological polar surface area (TPSA) is 67.2 Å². The molecule has 4 fully saturated rings. The van der Waals surface area contributed by atoms with Crippen molar-refractivity contribution in [3.05, 3.63) is 64.5 Å². The smallest absolute Gasteiger partial charge is 0.206 e. The first-order chi connectivity index (χ1) is 16.0. The molecule has 5 heteroatoms. The Hall–Kier alpha value is -2.97. The first kappa shape index (κ1) is 20.6. The van der Waals surface area contributed by atoms with Gasteiger partial charge in [0, 0.05) is 21.1 Å². The Balaban J connectivity index is 1.29. The third kappa shape index (κ3) is 3.48. The van der Waals surface area contributed by atoms with Gasteiger partial charge in [0.25, 0.3) is 0 Å². The molecule has 1 aromatic heterocycles. The van der Waals surface area contributed by atoms with Crippen LogP contribution in [0.3, 0.4) is 0 Å². The van der Waals surface area contributed by atoms with Gasteiger partial charge in [0.05, 0.1) is 11.6 Å². The minimum Gasteiger partial charge on any atom is -0.483 e. The number of ether oxygens (including phenoxy) is 1. The lowest BCUT2D eigenvalue weighted by Gasteiger charge is -2.55. The van der Waals surface area contributed by atoms with Gasteiger partial charge in [-0.2, -0.15) is 5.26 Å². The van der Waals surface area contributed by atoms with Crippen molar-refractivity contribution in [1.29, 1.82) is 5.26 Å². The molecule has 0 saturated heterocycles. The standard InChI is InChI=1S/C28H25NO3S/c29-15-17-5-7-21(8-6-17)25(31)27-26(22-3-1-2-4-23(22)33-27)32-16-24(30)28-12-18-9-19(13-28)11-20(10-18)14-28/h1-8,18-20H,9-14,16H2. The Labute approximate surface area is 197 Å². The Morgan fingerprint density at radius 2 is 1.61 bits per heavy atom. The molecule has 4 bridgehead atoms. The molecule has 0 amide bonds. The van der Waals surface area contributed by atoms with E-state index in [1.165, 1.54) is 30.6 Å². The van der Waals surface area contributed by atoms with Crippen molar-refractivity contribution in [3.8, 4) is 11.8 Å². The van der Waals surface area contributed by atoms with Gasteiger partial charge in [0.2, 0.25) is 5.78 Å². The van der Waals surface area contributed by atoms with Gasteiger partial charge in [-0.3, -0.25) is 9.59 Å². The van der Waals surface area contributed by atoms with Crippen LogP contribution in [0.15, 0.2) is 48.5 Å². The van der Waals surface area contributed by atoms with Crippen LogP contribution in [-0.4, -0.2) is 18.2 Å². The minimum absolute atomic E-state index is 0.0283. The third-order valence-corrected chi connectivity index (χ3v) is 9.16. The number of hydrogen-bond donors (Lipinski definition) is 0. The molecule has 4 nitrogen and oxygen atoms in total. The molecule has 4 saturated carbocycles. The minimum atomic E-state index is -0.210. The second-order valence-electron chi connectivity index (χ2n) is 10.2. The summed E-state index contributed by atoms with van der Waals surface area (Å²) in [4.78, 5) is 27.4. The average molecular weight is 456 g/mol. The number of carbonyl (C=O) groups excluding carboxylic acids is 2. The third-order valence-electron chi connectivity index (χ3n) is 8.01. The SMILES string of the molecule is N#Cc1ccc(C(=O)c2sc3ccccc3c2OCC(=O)C23CC4CC(CC(C4)C2)C3)cc1. The van der Waals surface area contributed by atoms with E-state index >= 15 is 0 Å². The molecule has 0 N–H and O–H groups in total. The molecule has 33 heavy (non-hydrogen) atoms. The van der Waals surface area contributed by atoms with Crippen LogP contribution < -0.4 is 4.74 Å². The fraction of sp³-hybridized carbons (Fsp3) is 0.393. The molecular formula is C28H25NO3S. The van der Waals surface area contributed by atoms with E-state index in [1.807, 2.05) is 24.3 Å². The summed E-state index contributed by atoms with van der Waals surface area (Å²) in [5.41, 5.74) is 0.816. The van der Waals surface area contributed by atoms with Crippen LogP contribution in [0.4, 0.5) is 0 Å². The second-order valence-corrected chi connectivity index (χ2v) is 11.2. The van der Waals surface area contributed by atoms with E-state index in [0.29, 0.717) is 39.5 Å². The second kappa shape index (κ2) is 7.81. The highest BCUT2D eigenvalue weighted by atomic mass is 32.1. The van der Waals surface area contributed by atoms with Gasteiger partial charge in [0.1, 0.15) is 17.2 Å². The molecule has 0 spiro atoms. The van der Waals surface area contributed by atoms with Crippen molar-refractivity contribution in [2.45, 2.75) is 38.5 Å². The lowest BCUT2D eigenvalue weighted by atomic mass is 9.48. The summed E-state index contributed by atoms with van der Waals surface area (Å²) >= 11 is 1.40. The number of thiophene rings is 1. The molecule has 166 valence electrons. The van der Waals surface area contributed by atoms with Crippen molar-refractivity contribution < 1.29 is 14.3 Å². The highest BCUT2D eigenvalue weighted by Gasteiger charge is 2.54. The van der Waals surface area contributed by atoms with Crippen molar-refractivity contribution in [3.63, 3.8) is 0 Å². The fourth-order valence-corrected chi connectivity index (χ4v) is 7.99. The zero-order chi connectivity index (χ0) is 22.6. The largest absolute Gasteiger partial charge is 0.483 e. The van der Waals surface area contributed by atoms with Crippen LogP contribution in [0, 0.1) is 34.5 Å². The number of carbonyl (C=O) groups is 2. The van der Waals surface area contributed by atoms with E-state index in [0.717, 1.165) is 29.3 Å². The molecule has 2 aromatic carbocycles. The van der Waals surface area contributed by atoms with Crippen LogP contribution >= 0.6 is 11.3 Å². The van der Waals surface area contributed by atoms with E-state index < -0.39 is 0 Å². The van der Waals surface area contributed by atoms with Crippen molar-refractivity contribution >= 4 is 33.0 Å². The number of hydrogen-bond acceptors (Lipinski definition) is 5. The number of nitrogens with zero attached hydrogens (tertiary/aromatic N) is 1. The van der Waals surface area contributed by atoms with E-state index in [-0.39, 0.29) is 23.6 Å². The number of fused-ring (bicyclic) bond motifs is 1. The van der Waals surface area contributed by atoms with Crippen LogP contribution in [0.1, 0.15) is 59.3 Å². The first-order valence-electron chi connectivity index (χ1n) is 11.8. The first-order valence-corrected chi connectivity index (χ1v) is 12.6. The van der Waals surface area contributed by atoms with Gasteiger partial charge in [-0.1, -0.05) is 12.1 Å². The van der Waals surface area contributed by atoms with Crippen LogP contribution in [-0.2, 0) is 4.79 Å². The summed E-state index contributed by atoms with van der Waals surface area (Å²) in [6, 6.07) is 16.5. The van der Waals surface area contributed by atoms with Crippen LogP contribution in [0.2, 0.25) is 0 Å². The Morgan fingerprint density at radius 3 is 2.24 bits per heavy atom. The Bertz CT molecular complexity index is 1260. The number of nitriles is 1. The molecule has 0 radical (unpaired) electrons. The average Bonchev–Trinajstić information content (AvgIpc) is 3.20. The summed E-state index contributed by atoms with van der Waals surface area (Å²) < 4.78 is 7.18. The molecule has 3 aromatic rings. The zero-order valence-corrected chi connectivity index (χ0v) is 19.2. The maximum atomic E-state index is 13.5. The molecule has 0 aliphatic heterocycles. The Kier molecular flexibility index (Phi) is 4.88. The lowest BCUT2D eigenvalue weighted by Crippen LogP contribution is -2.51. The molecule has 0 unspecified atom stereocenters. The highest BCUT2D eigenvalue weighted by molar-refractivity contribution is 7.21. The quantitative estimate of drug-likeness (QED) is 0.417. The molecule has 4 aliphatic carbocycles. The van der Waals surface area contributed by atoms with Crippen LogP contribution in [0.5, 0.6) is 5.75 Å². The van der Waals surface area contributed by atoms with Gasteiger partial charge < -0.3 is 4.74 Å². The van der Waals surface area contributed by atoms with Crippen molar-refractivity contribution in [1.82, 2.24) is 0 Å². The number of rotatable bonds is 6. The van der Waals surface area contributed by atoms with Gasteiger partial charge >= 0.3 is 0 Å². The number of benzene rings is 2. The van der Waals surface area contributed by atoms with Gasteiger partial charge in [-0.05, 0) is 92.7 Å². The maximum absolute atomic E-state index is 13.5. The summed E-state index contributed by atoms with van der Waals surface area (Å²) in [5.74, 6) is 2.71. The molecule has 0 atom stereocenters. The maximum Gasteiger partial charge on any atom is 0.206 e. The monoisotopic (exact) mass is 455 g/mol. The molecule has 1 heterocycles. The van der Waals surface area contributed by atoms with Gasteiger partial charge in [-0.25, -0.2) is 0 Å². The van der Waals surface area contributed by atoms with E-state index in [2.05, 4.69) is 6.07 Å². The lowest BCUT2D eigenvalue weighted by molar-refractivity contribution is -0.145. The molecule has 7 rings (SSSR count). The highest BCUT2D eigenvalue weighted by Crippen LogP contribution is 2.60. The summed E-state index contributed by atoms with van der Waals surface area (Å²) in [5, 5.41) is 9.92. The van der Waals surface area contributed by atoms with Crippen molar-refractivity contribution in [2.24, 2.45) is 23.2 Å². The summed E-state index contributed by atoms with van der Waals surface area (Å²) in [6.07, 6.45) is 6.94.